The van der Waals surface area contributed by atoms with E-state index in [-0.39, 0.29) is 10.5 Å². The molecule has 0 amide bonds. The molecule has 10 heteroatoms. The van der Waals surface area contributed by atoms with E-state index in [9.17, 15) is 26.0 Å². The van der Waals surface area contributed by atoms with E-state index in [1.54, 1.807) is 0 Å². The molecule has 0 aliphatic carbocycles. The Morgan fingerprint density at radius 3 is 2.41 bits per heavy atom. The Morgan fingerprint density at radius 2 is 1.81 bits per heavy atom. The molecule has 3 rings (SSSR count). The van der Waals surface area contributed by atoms with Crippen molar-refractivity contribution in [1.82, 2.24) is 14.5 Å². The lowest BCUT2D eigenvalue weighted by molar-refractivity contribution is -0.173. The molecule has 1 aromatic heterocycles. The van der Waals surface area contributed by atoms with E-state index in [0.29, 0.717) is 15.2 Å². The van der Waals surface area contributed by atoms with E-state index in [4.69, 9.17) is 0 Å². The second-order valence-electron chi connectivity index (χ2n) is 5.82. The summed E-state index contributed by atoms with van der Waals surface area (Å²) in [4.78, 5) is -0.294. The number of hydrogen-bond acceptors (Lipinski definition) is 3. The standard InChI is InChI=1S/C17H15F4N3O2S/c1-2-24(16(17(19,20)21)11-3-6-13(18)7-4-11)27(25,26)14-8-5-12-10-22-23-15(12)9-14/h3-10,16H,2H2,1H3,(H,22,23). The Balaban J connectivity index is 2.11. The zero-order valence-electron chi connectivity index (χ0n) is 14.0. The summed E-state index contributed by atoms with van der Waals surface area (Å²) in [6, 6.07) is 5.08. The first-order valence-electron chi connectivity index (χ1n) is 7.91. The summed E-state index contributed by atoms with van der Waals surface area (Å²) in [5.41, 5.74) is 0.0226. The number of benzene rings is 2. The van der Waals surface area contributed by atoms with Gasteiger partial charge in [-0.25, -0.2) is 12.8 Å². The van der Waals surface area contributed by atoms with E-state index in [1.165, 1.54) is 31.3 Å². The van der Waals surface area contributed by atoms with Crippen LogP contribution >= 0.6 is 0 Å². The first-order valence-corrected chi connectivity index (χ1v) is 9.35. The van der Waals surface area contributed by atoms with Crippen LogP contribution in [0.3, 0.4) is 0 Å². The van der Waals surface area contributed by atoms with Gasteiger partial charge in [0, 0.05) is 11.9 Å². The van der Waals surface area contributed by atoms with Crippen LogP contribution < -0.4 is 0 Å². The number of aromatic amines is 1. The third-order valence-corrected chi connectivity index (χ3v) is 6.05. The molecule has 27 heavy (non-hydrogen) atoms. The number of alkyl halides is 3. The number of nitrogens with zero attached hydrogens (tertiary/aromatic N) is 2. The molecule has 0 spiro atoms. The van der Waals surface area contributed by atoms with Crippen LogP contribution in [0, 0.1) is 5.82 Å². The average Bonchev–Trinajstić information content (AvgIpc) is 3.07. The third kappa shape index (κ3) is 3.67. The number of rotatable bonds is 5. The van der Waals surface area contributed by atoms with E-state index in [1.807, 2.05) is 0 Å². The van der Waals surface area contributed by atoms with Crippen LogP contribution in [0.2, 0.25) is 0 Å². The minimum Gasteiger partial charge on any atom is -0.278 e. The maximum absolute atomic E-state index is 13.8. The van der Waals surface area contributed by atoms with Crippen molar-refractivity contribution in [2.75, 3.05) is 6.54 Å². The highest BCUT2D eigenvalue weighted by Crippen LogP contribution is 2.40. The van der Waals surface area contributed by atoms with Gasteiger partial charge in [-0.3, -0.25) is 5.10 Å². The van der Waals surface area contributed by atoms with Crippen LogP contribution in [-0.4, -0.2) is 35.6 Å². The van der Waals surface area contributed by atoms with E-state index >= 15 is 0 Å². The van der Waals surface area contributed by atoms with Gasteiger partial charge in [-0.05, 0) is 35.9 Å². The lowest BCUT2D eigenvalue weighted by Crippen LogP contribution is -2.42. The summed E-state index contributed by atoms with van der Waals surface area (Å²) in [5.74, 6) is -0.713. The topological polar surface area (TPSA) is 66.1 Å². The monoisotopic (exact) mass is 401 g/mol. The molecule has 0 saturated heterocycles. The quantitative estimate of drug-likeness (QED) is 0.657. The van der Waals surface area contributed by atoms with Crippen molar-refractivity contribution < 1.29 is 26.0 Å². The number of hydrogen-bond donors (Lipinski definition) is 1. The SMILES string of the molecule is CCN(C(c1ccc(F)cc1)C(F)(F)F)S(=O)(=O)c1ccc2cn[nH]c2c1. The Morgan fingerprint density at radius 1 is 1.15 bits per heavy atom. The molecular weight excluding hydrogens is 386 g/mol. The summed E-state index contributed by atoms with van der Waals surface area (Å²) in [5, 5.41) is 6.99. The average molecular weight is 401 g/mol. The van der Waals surface area contributed by atoms with Crippen molar-refractivity contribution in [3.63, 3.8) is 0 Å². The van der Waals surface area contributed by atoms with Gasteiger partial charge in [0.05, 0.1) is 16.6 Å². The van der Waals surface area contributed by atoms with Gasteiger partial charge in [-0.1, -0.05) is 19.1 Å². The molecule has 144 valence electrons. The number of sulfonamides is 1. The molecule has 0 aliphatic heterocycles. The molecule has 0 fully saturated rings. The Hall–Kier alpha value is -2.46. The largest absolute Gasteiger partial charge is 0.409 e. The highest BCUT2D eigenvalue weighted by atomic mass is 32.2. The number of H-pyrrole nitrogens is 1. The number of halogens is 4. The smallest absolute Gasteiger partial charge is 0.278 e. The Kier molecular flexibility index (Phi) is 4.96. The summed E-state index contributed by atoms with van der Waals surface area (Å²) in [6.07, 6.45) is -3.42. The predicted octanol–water partition coefficient (Wildman–Crippen LogP) is 4.02. The van der Waals surface area contributed by atoms with Crippen LogP contribution in [0.25, 0.3) is 10.9 Å². The van der Waals surface area contributed by atoms with Gasteiger partial charge >= 0.3 is 6.18 Å². The van der Waals surface area contributed by atoms with Crippen LogP contribution in [0.1, 0.15) is 18.5 Å². The Labute approximate surface area is 152 Å². The van der Waals surface area contributed by atoms with Crippen molar-refractivity contribution in [2.24, 2.45) is 0 Å². The van der Waals surface area contributed by atoms with Crippen molar-refractivity contribution >= 4 is 20.9 Å². The summed E-state index contributed by atoms with van der Waals surface area (Å²) < 4.78 is 80.8. The minimum absolute atomic E-state index is 0.294. The predicted molar refractivity (Wildman–Crippen MR) is 90.9 cm³/mol. The molecule has 0 bridgehead atoms. The van der Waals surface area contributed by atoms with Gasteiger partial charge in [0.1, 0.15) is 11.9 Å². The second kappa shape index (κ2) is 6.93. The summed E-state index contributed by atoms with van der Waals surface area (Å²) in [6.45, 7) is 0.888. The van der Waals surface area contributed by atoms with Crippen LogP contribution in [0.15, 0.2) is 53.6 Å². The van der Waals surface area contributed by atoms with Gasteiger partial charge in [0.2, 0.25) is 10.0 Å². The van der Waals surface area contributed by atoms with Crippen LogP contribution in [0.4, 0.5) is 17.6 Å². The first kappa shape index (κ1) is 19.3. The van der Waals surface area contributed by atoms with Crippen LogP contribution in [0.5, 0.6) is 0 Å². The molecule has 5 nitrogen and oxygen atoms in total. The van der Waals surface area contributed by atoms with E-state index in [0.717, 1.165) is 24.3 Å². The molecule has 0 saturated carbocycles. The first-order chi connectivity index (χ1) is 12.6. The van der Waals surface area contributed by atoms with Gasteiger partial charge in [-0.15, -0.1) is 0 Å². The van der Waals surface area contributed by atoms with Gasteiger partial charge < -0.3 is 0 Å². The maximum atomic E-state index is 13.8. The molecule has 1 atom stereocenters. The molecule has 0 radical (unpaired) electrons. The molecular formula is C17H15F4N3O2S. The molecule has 1 heterocycles. The lowest BCUT2D eigenvalue weighted by Gasteiger charge is -2.31. The minimum atomic E-state index is -4.89. The molecule has 2 aromatic carbocycles. The second-order valence-corrected chi connectivity index (χ2v) is 7.71. The Bertz CT molecular complexity index is 1050. The van der Waals surface area contributed by atoms with Gasteiger partial charge in [0.15, 0.2) is 0 Å². The fourth-order valence-electron chi connectivity index (χ4n) is 2.87. The number of aromatic nitrogens is 2. The molecule has 1 N–H and O–H groups in total. The van der Waals surface area contributed by atoms with Crippen molar-refractivity contribution in [3.8, 4) is 0 Å². The fraction of sp³-hybridized carbons (Fsp3) is 0.235. The zero-order chi connectivity index (χ0) is 19.8. The highest BCUT2D eigenvalue weighted by molar-refractivity contribution is 7.89. The van der Waals surface area contributed by atoms with Gasteiger partial charge in [0.25, 0.3) is 0 Å². The van der Waals surface area contributed by atoms with Crippen molar-refractivity contribution in [2.45, 2.75) is 24.0 Å². The van der Waals surface area contributed by atoms with Crippen LogP contribution in [-0.2, 0) is 10.0 Å². The van der Waals surface area contributed by atoms with Crippen molar-refractivity contribution in [1.29, 1.82) is 0 Å². The highest BCUT2D eigenvalue weighted by Gasteiger charge is 2.48. The number of fused-ring (bicyclic) bond motifs is 1. The molecule has 1 unspecified atom stereocenters. The summed E-state index contributed by atoms with van der Waals surface area (Å²) in [7, 11) is -4.49. The maximum Gasteiger partial charge on any atom is 0.409 e. The van der Waals surface area contributed by atoms with E-state index < -0.39 is 34.6 Å². The normalized spacial score (nSPS) is 14.0. The lowest BCUT2D eigenvalue weighted by atomic mass is 10.1. The summed E-state index contributed by atoms with van der Waals surface area (Å²) >= 11 is 0. The fourth-order valence-corrected chi connectivity index (χ4v) is 4.50. The van der Waals surface area contributed by atoms with E-state index in [2.05, 4.69) is 10.2 Å². The van der Waals surface area contributed by atoms with Crippen molar-refractivity contribution in [3.05, 3.63) is 60.0 Å². The third-order valence-electron chi connectivity index (χ3n) is 4.12. The number of nitrogens with one attached hydrogen (secondary N) is 1. The zero-order valence-corrected chi connectivity index (χ0v) is 14.9. The van der Waals surface area contributed by atoms with Gasteiger partial charge in [-0.2, -0.15) is 22.6 Å². The molecule has 0 aliphatic rings. The molecule has 3 aromatic rings.